The summed E-state index contributed by atoms with van der Waals surface area (Å²) >= 11 is 5.83. The van der Waals surface area contributed by atoms with Crippen molar-refractivity contribution in [3.05, 3.63) is 58.9 Å². The van der Waals surface area contributed by atoms with Crippen LogP contribution < -0.4 is 15.4 Å². The average molecular weight is 351 g/mol. The lowest BCUT2D eigenvalue weighted by molar-refractivity contribution is -0.116. The van der Waals surface area contributed by atoms with E-state index in [0.29, 0.717) is 17.0 Å². The van der Waals surface area contributed by atoms with Crippen molar-refractivity contribution in [2.45, 2.75) is 6.42 Å². The van der Waals surface area contributed by atoms with Crippen LogP contribution in [0.4, 0.5) is 10.1 Å². The molecule has 0 aromatic heterocycles. The maximum Gasteiger partial charge on any atom is 0.255 e. The lowest BCUT2D eigenvalue weighted by Gasteiger charge is -2.10. The average Bonchev–Trinajstić information content (AvgIpc) is 2.57. The molecule has 0 atom stereocenters. The number of methoxy groups -OCH3 is 1. The van der Waals surface area contributed by atoms with E-state index >= 15 is 0 Å². The highest BCUT2D eigenvalue weighted by molar-refractivity contribution is 6.33. The largest absolute Gasteiger partial charge is 0.496 e. The SMILES string of the molecule is COc1ccccc1C(=O)NCCC(=O)Nc1ccc(F)cc1Cl. The molecule has 2 amide bonds. The van der Waals surface area contributed by atoms with Gasteiger partial charge in [0, 0.05) is 13.0 Å². The number of rotatable bonds is 6. The minimum absolute atomic E-state index is 0.0502. The number of ether oxygens (including phenoxy) is 1. The van der Waals surface area contributed by atoms with Crippen molar-refractivity contribution in [1.82, 2.24) is 5.32 Å². The molecule has 0 aliphatic carbocycles. The van der Waals surface area contributed by atoms with Crippen LogP contribution in [-0.2, 0) is 4.79 Å². The molecule has 7 heteroatoms. The molecule has 0 radical (unpaired) electrons. The molecule has 0 aliphatic heterocycles. The van der Waals surface area contributed by atoms with Crippen LogP contribution in [-0.4, -0.2) is 25.5 Å². The van der Waals surface area contributed by atoms with Gasteiger partial charge in [0.15, 0.2) is 0 Å². The highest BCUT2D eigenvalue weighted by Gasteiger charge is 2.12. The second-order valence-electron chi connectivity index (χ2n) is 4.88. The molecule has 24 heavy (non-hydrogen) atoms. The van der Waals surface area contributed by atoms with Crippen molar-refractivity contribution < 1.29 is 18.7 Å². The molecule has 0 bridgehead atoms. The molecular formula is C17H16ClFN2O3. The Balaban J connectivity index is 1.85. The number of anilines is 1. The smallest absolute Gasteiger partial charge is 0.255 e. The minimum atomic E-state index is -0.484. The first-order valence-corrected chi connectivity index (χ1v) is 7.55. The van der Waals surface area contributed by atoms with Crippen LogP contribution in [0.1, 0.15) is 16.8 Å². The molecule has 0 heterocycles. The van der Waals surface area contributed by atoms with Crippen molar-refractivity contribution in [1.29, 1.82) is 0 Å². The first-order valence-electron chi connectivity index (χ1n) is 7.17. The number of amides is 2. The van der Waals surface area contributed by atoms with Gasteiger partial charge in [0.1, 0.15) is 11.6 Å². The van der Waals surface area contributed by atoms with Gasteiger partial charge >= 0.3 is 0 Å². The van der Waals surface area contributed by atoms with Crippen LogP contribution in [0.5, 0.6) is 5.75 Å². The van der Waals surface area contributed by atoms with Crippen LogP contribution in [0.15, 0.2) is 42.5 Å². The maximum absolute atomic E-state index is 12.9. The first kappa shape index (κ1) is 17.7. The summed E-state index contributed by atoms with van der Waals surface area (Å²) in [6.45, 7) is 0.140. The van der Waals surface area contributed by atoms with Gasteiger partial charge in [-0.1, -0.05) is 23.7 Å². The van der Waals surface area contributed by atoms with Gasteiger partial charge in [-0.05, 0) is 30.3 Å². The molecular weight excluding hydrogens is 335 g/mol. The van der Waals surface area contributed by atoms with Crippen molar-refractivity contribution >= 4 is 29.1 Å². The second-order valence-corrected chi connectivity index (χ2v) is 5.29. The number of nitrogens with one attached hydrogen (secondary N) is 2. The molecule has 0 saturated heterocycles. The molecule has 2 aromatic carbocycles. The Hall–Kier alpha value is -2.60. The van der Waals surface area contributed by atoms with Gasteiger partial charge in [-0.15, -0.1) is 0 Å². The van der Waals surface area contributed by atoms with Gasteiger partial charge in [0.05, 0.1) is 23.4 Å². The van der Waals surface area contributed by atoms with Crippen LogP contribution in [0.3, 0.4) is 0 Å². The predicted molar refractivity (Wildman–Crippen MR) is 90.0 cm³/mol. The fourth-order valence-corrected chi connectivity index (χ4v) is 2.24. The number of carbonyl (C=O) groups is 2. The third kappa shape index (κ3) is 4.70. The zero-order chi connectivity index (χ0) is 17.5. The van der Waals surface area contributed by atoms with Crippen LogP contribution >= 0.6 is 11.6 Å². The molecule has 2 N–H and O–H groups in total. The summed E-state index contributed by atoms with van der Waals surface area (Å²) in [5, 5.41) is 5.31. The fourth-order valence-electron chi connectivity index (χ4n) is 2.02. The van der Waals surface area contributed by atoms with E-state index in [1.54, 1.807) is 24.3 Å². The number of halogens is 2. The van der Waals surface area contributed by atoms with Crippen LogP contribution in [0.25, 0.3) is 0 Å². The van der Waals surface area contributed by atoms with E-state index in [0.717, 1.165) is 6.07 Å². The standard InChI is InChI=1S/C17H16ClFN2O3/c1-24-15-5-3-2-4-12(15)17(23)20-9-8-16(22)21-14-7-6-11(19)10-13(14)18/h2-7,10H,8-9H2,1H3,(H,20,23)(H,21,22). The summed E-state index contributed by atoms with van der Waals surface area (Å²) in [6.07, 6.45) is 0.0502. The summed E-state index contributed by atoms with van der Waals surface area (Å²) in [5.41, 5.74) is 0.709. The molecule has 2 aromatic rings. The van der Waals surface area contributed by atoms with Crippen molar-refractivity contribution in [2.75, 3.05) is 19.0 Å². The number of para-hydroxylation sites is 1. The number of benzene rings is 2. The lowest BCUT2D eigenvalue weighted by Crippen LogP contribution is -2.28. The Labute approximate surface area is 143 Å². The summed E-state index contributed by atoms with van der Waals surface area (Å²) in [6, 6.07) is 10.5. The van der Waals surface area contributed by atoms with Gasteiger partial charge in [0.2, 0.25) is 5.91 Å². The minimum Gasteiger partial charge on any atom is -0.496 e. The monoisotopic (exact) mass is 350 g/mol. The molecule has 0 aliphatic rings. The Morgan fingerprint density at radius 2 is 1.96 bits per heavy atom. The van der Waals surface area contributed by atoms with Crippen molar-refractivity contribution in [2.24, 2.45) is 0 Å². The Kier molecular flexibility index (Phi) is 6.14. The highest BCUT2D eigenvalue weighted by atomic mass is 35.5. The Bertz CT molecular complexity index is 752. The van der Waals surface area contributed by atoms with Gasteiger partial charge in [-0.3, -0.25) is 9.59 Å². The summed E-state index contributed by atoms with van der Waals surface area (Å²) < 4.78 is 18.1. The summed E-state index contributed by atoms with van der Waals surface area (Å²) in [7, 11) is 1.48. The summed E-state index contributed by atoms with van der Waals surface area (Å²) in [4.78, 5) is 23.9. The Morgan fingerprint density at radius 1 is 1.21 bits per heavy atom. The molecule has 0 spiro atoms. The first-order chi connectivity index (χ1) is 11.5. The van der Waals surface area contributed by atoms with Crippen molar-refractivity contribution in [3.8, 4) is 5.75 Å². The maximum atomic E-state index is 12.9. The lowest BCUT2D eigenvalue weighted by atomic mass is 10.2. The van der Waals surface area contributed by atoms with E-state index in [-0.39, 0.29) is 29.8 Å². The topological polar surface area (TPSA) is 67.4 Å². The number of carbonyl (C=O) groups excluding carboxylic acids is 2. The van der Waals surface area contributed by atoms with E-state index in [9.17, 15) is 14.0 Å². The molecule has 5 nitrogen and oxygen atoms in total. The predicted octanol–water partition coefficient (Wildman–Crippen LogP) is 3.25. The third-order valence-corrected chi connectivity index (χ3v) is 3.51. The highest BCUT2D eigenvalue weighted by Crippen LogP contribution is 2.22. The van der Waals surface area contributed by atoms with E-state index in [1.165, 1.54) is 19.2 Å². The zero-order valence-electron chi connectivity index (χ0n) is 12.9. The van der Waals surface area contributed by atoms with Gasteiger partial charge < -0.3 is 15.4 Å². The van der Waals surface area contributed by atoms with Gasteiger partial charge in [0.25, 0.3) is 5.91 Å². The fraction of sp³-hybridized carbons (Fsp3) is 0.176. The van der Waals surface area contributed by atoms with E-state index < -0.39 is 5.82 Å². The number of hydrogen-bond donors (Lipinski definition) is 2. The molecule has 0 saturated carbocycles. The third-order valence-electron chi connectivity index (χ3n) is 3.19. The van der Waals surface area contributed by atoms with E-state index in [1.807, 2.05) is 0 Å². The van der Waals surface area contributed by atoms with Crippen LogP contribution in [0.2, 0.25) is 5.02 Å². The molecule has 2 rings (SSSR count). The Morgan fingerprint density at radius 3 is 2.67 bits per heavy atom. The molecule has 0 fully saturated rings. The number of hydrogen-bond acceptors (Lipinski definition) is 3. The normalized spacial score (nSPS) is 10.1. The summed E-state index contributed by atoms with van der Waals surface area (Å²) in [5.74, 6) is -0.705. The zero-order valence-corrected chi connectivity index (χ0v) is 13.7. The second kappa shape index (κ2) is 8.31. The molecule has 126 valence electrons. The van der Waals surface area contributed by atoms with Gasteiger partial charge in [-0.25, -0.2) is 4.39 Å². The van der Waals surface area contributed by atoms with Crippen LogP contribution in [0, 0.1) is 5.82 Å². The quantitative estimate of drug-likeness (QED) is 0.840. The van der Waals surface area contributed by atoms with E-state index in [2.05, 4.69) is 10.6 Å². The molecule has 0 unspecified atom stereocenters. The van der Waals surface area contributed by atoms with E-state index in [4.69, 9.17) is 16.3 Å². The van der Waals surface area contributed by atoms with Crippen molar-refractivity contribution in [3.63, 3.8) is 0 Å². The van der Waals surface area contributed by atoms with Gasteiger partial charge in [-0.2, -0.15) is 0 Å².